The van der Waals surface area contributed by atoms with E-state index in [1.54, 1.807) is 4.90 Å². The maximum absolute atomic E-state index is 12.2. The number of benzene rings is 1. The van der Waals surface area contributed by atoms with E-state index in [4.69, 9.17) is 9.47 Å². The Hall–Kier alpha value is -1.39. The Kier molecular flexibility index (Phi) is 1.44. The Bertz CT molecular complexity index is 487. The number of hydrogen-bond donors (Lipinski definition) is 0. The Labute approximate surface area is 92.8 Å². The van der Waals surface area contributed by atoms with Crippen LogP contribution < -0.4 is 0 Å². The molecule has 2 bridgehead atoms. The zero-order valence-electron chi connectivity index (χ0n) is 8.68. The van der Waals surface area contributed by atoms with Gasteiger partial charge < -0.3 is 9.47 Å². The Morgan fingerprint density at radius 3 is 3.19 bits per heavy atom. The number of carbonyl (C=O) groups excluding carboxylic acids is 1. The van der Waals surface area contributed by atoms with E-state index in [1.807, 2.05) is 24.3 Å². The van der Waals surface area contributed by atoms with Gasteiger partial charge in [-0.15, -0.1) is 0 Å². The monoisotopic (exact) mass is 217 g/mol. The molecule has 0 aromatic heterocycles. The summed E-state index contributed by atoms with van der Waals surface area (Å²) in [6.07, 6.45) is 0.997. The lowest BCUT2D eigenvalue weighted by Gasteiger charge is -2.36. The highest BCUT2D eigenvalue weighted by molar-refractivity contribution is 5.99. The minimum Gasteiger partial charge on any atom is -0.326 e. The summed E-state index contributed by atoms with van der Waals surface area (Å²) in [6.45, 7) is 1.30. The highest BCUT2D eigenvalue weighted by Crippen LogP contribution is 2.48. The molecule has 2 fully saturated rings. The van der Waals surface area contributed by atoms with Gasteiger partial charge in [-0.3, -0.25) is 9.69 Å². The normalized spacial score (nSPS) is 35.1. The lowest BCUT2D eigenvalue weighted by Crippen LogP contribution is -2.48. The predicted molar refractivity (Wildman–Crippen MR) is 54.6 cm³/mol. The summed E-state index contributed by atoms with van der Waals surface area (Å²) in [5, 5.41) is 0. The van der Waals surface area contributed by atoms with Gasteiger partial charge >= 0.3 is 0 Å². The molecule has 0 radical (unpaired) electrons. The fraction of sp³-hybridized carbons (Fsp3) is 0.417. The van der Waals surface area contributed by atoms with Crippen LogP contribution in [0.5, 0.6) is 0 Å². The molecule has 2 unspecified atom stereocenters. The highest BCUT2D eigenvalue weighted by Gasteiger charge is 2.59. The molecule has 16 heavy (non-hydrogen) atoms. The van der Waals surface area contributed by atoms with Crippen LogP contribution >= 0.6 is 0 Å². The second kappa shape index (κ2) is 2.64. The highest BCUT2D eigenvalue weighted by atomic mass is 16.8. The van der Waals surface area contributed by atoms with E-state index < -0.39 is 5.91 Å². The number of hydrogen-bond acceptors (Lipinski definition) is 3. The standard InChI is InChI=1S/C12H11NO3/c14-11-9-3-1-2-4-10(9)12-13(11)6-5-8(16-12)7-15-12/h1-4,8H,5-7H2. The lowest BCUT2D eigenvalue weighted by molar-refractivity contribution is -0.268. The van der Waals surface area contributed by atoms with E-state index in [1.165, 1.54) is 0 Å². The zero-order valence-corrected chi connectivity index (χ0v) is 8.68. The molecule has 1 aromatic rings. The number of fused-ring (bicyclic) bond motifs is 2. The van der Waals surface area contributed by atoms with E-state index in [9.17, 15) is 4.79 Å². The van der Waals surface area contributed by atoms with Gasteiger partial charge in [0.1, 0.15) is 0 Å². The van der Waals surface area contributed by atoms with E-state index in [0.717, 1.165) is 18.5 Å². The quantitative estimate of drug-likeness (QED) is 0.652. The molecule has 82 valence electrons. The summed E-state index contributed by atoms with van der Waals surface area (Å²) < 4.78 is 11.7. The molecule has 0 N–H and O–H groups in total. The average molecular weight is 217 g/mol. The van der Waals surface area contributed by atoms with Gasteiger partial charge in [-0.1, -0.05) is 18.2 Å². The molecule has 0 aliphatic carbocycles. The number of amides is 1. The first kappa shape index (κ1) is 8.73. The molecule has 4 heteroatoms. The van der Waals surface area contributed by atoms with Crippen molar-refractivity contribution >= 4 is 5.91 Å². The number of rotatable bonds is 0. The van der Waals surface area contributed by atoms with Gasteiger partial charge in [0.15, 0.2) is 0 Å². The van der Waals surface area contributed by atoms with Crippen LogP contribution in [0.3, 0.4) is 0 Å². The van der Waals surface area contributed by atoms with Crippen LogP contribution in [0.4, 0.5) is 0 Å². The van der Waals surface area contributed by atoms with E-state index >= 15 is 0 Å². The van der Waals surface area contributed by atoms with Crippen molar-refractivity contribution in [2.24, 2.45) is 0 Å². The topological polar surface area (TPSA) is 38.8 Å². The third-order valence-electron chi connectivity index (χ3n) is 3.56. The van der Waals surface area contributed by atoms with Crippen molar-refractivity contribution in [3.8, 4) is 0 Å². The second-order valence-corrected chi connectivity index (χ2v) is 4.42. The molecule has 1 spiro atoms. The van der Waals surface area contributed by atoms with Crippen molar-refractivity contribution in [1.82, 2.24) is 4.90 Å². The third kappa shape index (κ3) is 0.817. The molecular formula is C12H11NO3. The molecule has 3 aliphatic rings. The predicted octanol–water partition coefficient (Wildman–Crippen LogP) is 1.07. The van der Waals surface area contributed by atoms with Crippen LogP contribution in [0.1, 0.15) is 22.3 Å². The van der Waals surface area contributed by atoms with Crippen molar-refractivity contribution in [1.29, 1.82) is 0 Å². The zero-order chi connectivity index (χ0) is 10.8. The molecule has 3 heterocycles. The smallest absolute Gasteiger partial charge is 0.283 e. The summed E-state index contributed by atoms with van der Waals surface area (Å²) in [5.74, 6) is -0.882. The summed E-state index contributed by atoms with van der Waals surface area (Å²) in [4.78, 5) is 13.9. The SMILES string of the molecule is O=C1c2ccccc2C23OCC(CCN12)O3. The molecule has 4 nitrogen and oxygen atoms in total. The van der Waals surface area contributed by atoms with Crippen LogP contribution in [0.2, 0.25) is 0 Å². The van der Waals surface area contributed by atoms with Gasteiger partial charge in [-0.2, -0.15) is 0 Å². The molecule has 1 amide bonds. The molecule has 1 aromatic carbocycles. The van der Waals surface area contributed by atoms with Crippen molar-refractivity contribution in [2.45, 2.75) is 18.4 Å². The average Bonchev–Trinajstić information content (AvgIpc) is 2.79. The van der Waals surface area contributed by atoms with Crippen LogP contribution in [-0.2, 0) is 15.4 Å². The van der Waals surface area contributed by atoms with Gasteiger partial charge in [0, 0.05) is 12.1 Å². The van der Waals surface area contributed by atoms with Gasteiger partial charge in [-0.25, -0.2) is 0 Å². The lowest BCUT2D eigenvalue weighted by atomic mass is 10.1. The van der Waals surface area contributed by atoms with Gasteiger partial charge in [-0.05, 0) is 12.5 Å². The van der Waals surface area contributed by atoms with Crippen molar-refractivity contribution < 1.29 is 14.3 Å². The molecule has 2 atom stereocenters. The summed E-state index contributed by atoms with van der Waals surface area (Å²) in [5.41, 5.74) is 1.58. The maximum atomic E-state index is 12.2. The van der Waals surface area contributed by atoms with E-state index in [2.05, 4.69) is 0 Å². The first-order valence-corrected chi connectivity index (χ1v) is 5.54. The molecular weight excluding hydrogens is 206 g/mol. The fourth-order valence-corrected chi connectivity index (χ4v) is 2.82. The summed E-state index contributed by atoms with van der Waals surface area (Å²) in [6, 6.07) is 7.54. The van der Waals surface area contributed by atoms with E-state index in [-0.39, 0.29) is 12.0 Å². The largest absolute Gasteiger partial charge is 0.326 e. The maximum Gasteiger partial charge on any atom is 0.283 e. The van der Waals surface area contributed by atoms with Crippen molar-refractivity contribution in [3.05, 3.63) is 35.4 Å². The minimum atomic E-state index is -0.906. The molecule has 3 aliphatic heterocycles. The number of carbonyl (C=O) groups is 1. The second-order valence-electron chi connectivity index (χ2n) is 4.42. The Morgan fingerprint density at radius 1 is 1.38 bits per heavy atom. The summed E-state index contributed by atoms with van der Waals surface area (Å²) in [7, 11) is 0. The van der Waals surface area contributed by atoms with Crippen LogP contribution in [0, 0.1) is 0 Å². The number of nitrogens with zero attached hydrogens (tertiary/aromatic N) is 1. The van der Waals surface area contributed by atoms with Crippen LogP contribution in [-0.4, -0.2) is 30.1 Å². The van der Waals surface area contributed by atoms with Gasteiger partial charge in [0.05, 0.1) is 18.3 Å². The van der Waals surface area contributed by atoms with Crippen LogP contribution in [0.15, 0.2) is 24.3 Å². The van der Waals surface area contributed by atoms with Gasteiger partial charge in [0.25, 0.3) is 11.8 Å². The Balaban J connectivity index is 1.97. The first-order valence-electron chi connectivity index (χ1n) is 5.54. The Morgan fingerprint density at radius 2 is 2.25 bits per heavy atom. The molecule has 4 rings (SSSR count). The van der Waals surface area contributed by atoms with Crippen molar-refractivity contribution in [3.63, 3.8) is 0 Å². The van der Waals surface area contributed by atoms with Crippen LogP contribution in [0.25, 0.3) is 0 Å². The number of ether oxygens (including phenoxy) is 2. The molecule has 0 saturated carbocycles. The van der Waals surface area contributed by atoms with Crippen molar-refractivity contribution in [2.75, 3.05) is 13.2 Å². The third-order valence-corrected chi connectivity index (χ3v) is 3.56. The first-order chi connectivity index (χ1) is 7.81. The minimum absolute atomic E-state index is 0.0240. The fourth-order valence-electron chi connectivity index (χ4n) is 2.82. The summed E-state index contributed by atoms with van der Waals surface area (Å²) >= 11 is 0. The van der Waals surface area contributed by atoms with E-state index in [0.29, 0.717) is 12.2 Å². The molecule has 2 saturated heterocycles. The van der Waals surface area contributed by atoms with Gasteiger partial charge in [0.2, 0.25) is 0 Å².